The van der Waals surface area contributed by atoms with Crippen LogP contribution >= 0.6 is 0 Å². The Morgan fingerprint density at radius 1 is 1.32 bits per heavy atom. The van der Waals surface area contributed by atoms with E-state index in [1.54, 1.807) is 6.92 Å². The summed E-state index contributed by atoms with van der Waals surface area (Å²) in [7, 11) is 0. The summed E-state index contributed by atoms with van der Waals surface area (Å²) in [5.41, 5.74) is 5.64. The quantitative estimate of drug-likeness (QED) is 0.729. The highest BCUT2D eigenvalue weighted by Gasteiger charge is 2.20. The Labute approximate surface area is 105 Å². The number of aromatic amines is 1. The SMILES string of the molecule is Cc1[nH]nc(NC(=O)c2ccc(F)c(F)c2F)c1N. The molecule has 8 heteroatoms. The number of anilines is 2. The maximum Gasteiger partial charge on any atom is 0.260 e. The molecule has 0 saturated heterocycles. The second-order valence-electron chi connectivity index (χ2n) is 3.79. The number of nitrogen functional groups attached to an aromatic ring is 1. The van der Waals surface area contributed by atoms with Gasteiger partial charge in [0.1, 0.15) is 0 Å². The lowest BCUT2D eigenvalue weighted by atomic mass is 10.2. The number of nitrogens with zero attached hydrogens (tertiary/aromatic N) is 1. The Kier molecular flexibility index (Phi) is 3.16. The van der Waals surface area contributed by atoms with Crippen molar-refractivity contribution in [2.24, 2.45) is 0 Å². The van der Waals surface area contributed by atoms with E-state index in [2.05, 4.69) is 15.5 Å². The molecule has 0 aliphatic rings. The highest BCUT2D eigenvalue weighted by atomic mass is 19.2. The smallest absolute Gasteiger partial charge is 0.260 e. The Balaban J connectivity index is 2.31. The van der Waals surface area contributed by atoms with Gasteiger partial charge in [-0.15, -0.1) is 0 Å². The van der Waals surface area contributed by atoms with Gasteiger partial charge >= 0.3 is 0 Å². The standard InChI is InChI=1S/C11H9F3N4O/c1-4-9(15)10(18-17-4)16-11(19)5-2-3-6(12)8(14)7(5)13/h2-3H,15H2,1H3,(H2,16,17,18,19). The molecule has 1 amide bonds. The molecular weight excluding hydrogens is 261 g/mol. The molecule has 1 aromatic carbocycles. The zero-order valence-electron chi connectivity index (χ0n) is 9.72. The second kappa shape index (κ2) is 4.63. The first kappa shape index (κ1) is 12.9. The van der Waals surface area contributed by atoms with Crippen molar-refractivity contribution < 1.29 is 18.0 Å². The van der Waals surface area contributed by atoms with E-state index in [0.717, 1.165) is 6.07 Å². The summed E-state index contributed by atoms with van der Waals surface area (Å²) in [6.45, 7) is 1.62. The van der Waals surface area contributed by atoms with E-state index in [1.165, 1.54) is 0 Å². The summed E-state index contributed by atoms with van der Waals surface area (Å²) in [5.74, 6) is -5.63. The minimum Gasteiger partial charge on any atom is -0.394 e. The van der Waals surface area contributed by atoms with E-state index in [-0.39, 0.29) is 11.5 Å². The van der Waals surface area contributed by atoms with Gasteiger partial charge in [-0.05, 0) is 19.1 Å². The number of aromatic nitrogens is 2. The Bertz CT molecular complexity index is 654. The van der Waals surface area contributed by atoms with Gasteiger partial charge < -0.3 is 11.1 Å². The molecule has 0 unspecified atom stereocenters. The minimum absolute atomic E-state index is 0.00775. The van der Waals surface area contributed by atoms with Gasteiger partial charge in [0, 0.05) is 0 Å². The average Bonchev–Trinajstić information content (AvgIpc) is 2.68. The first-order valence-electron chi connectivity index (χ1n) is 5.17. The number of hydrogen-bond donors (Lipinski definition) is 3. The highest BCUT2D eigenvalue weighted by molar-refractivity contribution is 6.05. The Hall–Kier alpha value is -2.51. The lowest BCUT2D eigenvalue weighted by molar-refractivity contribution is 0.102. The van der Waals surface area contributed by atoms with Crippen LogP contribution in [0.4, 0.5) is 24.7 Å². The third-order valence-corrected chi connectivity index (χ3v) is 2.51. The molecule has 2 aromatic rings. The van der Waals surface area contributed by atoms with Crippen LogP contribution in [0.1, 0.15) is 16.1 Å². The summed E-state index contributed by atoms with van der Waals surface area (Å²) in [5, 5.41) is 8.39. The summed E-state index contributed by atoms with van der Waals surface area (Å²) in [6, 6.07) is 1.49. The summed E-state index contributed by atoms with van der Waals surface area (Å²) in [4.78, 5) is 11.7. The number of nitrogens with two attached hydrogens (primary N) is 1. The predicted octanol–water partition coefficient (Wildman–Crippen LogP) is 1.97. The van der Waals surface area contributed by atoms with Crippen LogP contribution in [0.25, 0.3) is 0 Å². The van der Waals surface area contributed by atoms with Crippen molar-refractivity contribution in [3.63, 3.8) is 0 Å². The number of rotatable bonds is 2. The molecule has 0 fully saturated rings. The van der Waals surface area contributed by atoms with Gasteiger partial charge in [0.25, 0.3) is 5.91 Å². The first-order valence-corrected chi connectivity index (χ1v) is 5.17. The summed E-state index contributed by atoms with van der Waals surface area (Å²) < 4.78 is 39.1. The lowest BCUT2D eigenvalue weighted by Crippen LogP contribution is -2.16. The van der Waals surface area contributed by atoms with Gasteiger partial charge in [-0.1, -0.05) is 0 Å². The van der Waals surface area contributed by atoms with Crippen molar-refractivity contribution in [3.8, 4) is 0 Å². The van der Waals surface area contributed by atoms with Crippen LogP contribution in [-0.4, -0.2) is 16.1 Å². The van der Waals surface area contributed by atoms with Crippen molar-refractivity contribution in [3.05, 3.63) is 40.8 Å². The molecule has 5 nitrogen and oxygen atoms in total. The van der Waals surface area contributed by atoms with Gasteiger partial charge in [-0.2, -0.15) is 5.10 Å². The van der Waals surface area contributed by atoms with Crippen molar-refractivity contribution >= 4 is 17.4 Å². The molecule has 0 aliphatic carbocycles. The van der Waals surface area contributed by atoms with Crippen molar-refractivity contribution in [2.75, 3.05) is 11.1 Å². The zero-order valence-corrected chi connectivity index (χ0v) is 9.72. The van der Waals surface area contributed by atoms with E-state index in [4.69, 9.17) is 5.73 Å². The third-order valence-electron chi connectivity index (χ3n) is 2.51. The number of H-pyrrole nitrogens is 1. The molecule has 0 bridgehead atoms. The first-order chi connectivity index (χ1) is 8.91. The van der Waals surface area contributed by atoms with Gasteiger partial charge in [0.05, 0.1) is 16.9 Å². The van der Waals surface area contributed by atoms with Crippen LogP contribution in [0, 0.1) is 24.4 Å². The van der Waals surface area contributed by atoms with Crippen molar-refractivity contribution in [2.45, 2.75) is 6.92 Å². The van der Waals surface area contributed by atoms with Gasteiger partial charge in [0.2, 0.25) is 0 Å². The normalized spacial score (nSPS) is 10.5. The molecule has 1 heterocycles. The topological polar surface area (TPSA) is 83.8 Å². The molecule has 100 valence electrons. The molecule has 2 rings (SSSR count). The molecular formula is C11H9F3N4O. The van der Waals surface area contributed by atoms with Crippen LogP contribution in [0.5, 0.6) is 0 Å². The van der Waals surface area contributed by atoms with E-state index in [0.29, 0.717) is 11.8 Å². The fourth-order valence-corrected chi connectivity index (χ4v) is 1.41. The molecule has 0 saturated carbocycles. The van der Waals surface area contributed by atoms with Crippen LogP contribution in [0.15, 0.2) is 12.1 Å². The number of carbonyl (C=O) groups is 1. The molecule has 0 atom stereocenters. The summed E-state index contributed by atoms with van der Waals surface area (Å²) >= 11 is 0. The van der Waals surface area contributed by atoms with Crippen LogP contribution < -0.4 is 11.1 Å². The molecule has 1 aromatic heterocycles. The second-order valence-corrected chi connectivity index (χ2v) is 3.79. The average molecular weight is 270 g/mol. The lowest BCUT2D eigenvalue weighted by Gasteiger charge is -2.05. The monoisotopic (exact) mass is 270 g/mol. The van der Waals surface area contributed by atoms with Crippen molar-refractivity contribution in [1.82, 2.24) is 10.2 Å². The fourth-order valence-electron chi connectivity index (χ4n) is 1.41. The maximum atomic E-state index is 13.4. The van der Waals surface area contributed by atoms with Gasteiger partial charge in [-0.25, -0.2) is 13.2 Å². The van der Waals surface area contributed by atoms with Gasteiger partial charge in [-0.3, -0.25) is 9.89 Å². The molecule has 0 radical (unpaired) electrons. The number of carbonyl (C=O) groups excluding carboxylic acids is 1. The third kappa shape index (κ3) is 2.24. The number of nitrogens with one attached hydrogen (secondary N) is 2. The number of benzene rings is 1. The maximum absolute atomic E-state index is 13.4. The molecule has 0 aliphatic heterocycles. The molecule has 0 spiro atoms. The van der Waals surface area contributed by atoms with Crippen LogP contribution in [-0.2, 0) is 0 Å². The Morgan fingerprint density at radius 2 is 2.00 bits per heavy atom. The Morgan fingerprint density at radius 3 is 2.58 bits per heavy atom. The van der Waals surface area contributed by atoms with Gasteiger partial charge in [0.15, 0.2) is 23.3 Å². The number of amides is 1. The fraction of sp³-hybridized carbons (Fsp3) is 0.0909. The summed E-state index contributed by atoms with van der Waals surface area (Å²) in [6.07, 6.45) is 0. The minimum atomic E-state index is -1.71. The highest BCUT2D eigenvalue weighted by Crippen LogP contribution is 2.20. The largest absolute Gasteiger partial charge is 0.394 e. The van der Waals surface area contributed by atoms with Crippen LogP contribution in [0.2, 0.25) is 0 Å². The predicted molar refractivity (Wildman–Crippen MR) is 62.0 cm³/mol. The van der Waals surface area contributed by atoms with E-state index >= 15 is 0 Å². The van der Waals surface area contributed by atoms with Crippen molar-refractivity contribution in [1.29, 1.82) is 0 Å². The molecule has 19 heavy (non-hydrogen) atoms. The number of halogens is 3. The number of aryl methyl sites for hydroxylation is 1. The van der Waals surface area contributed by atoms with E-state index < -0.39 is 28.9 Å². The molecule has 4 N–H and O–H groups in total. The van der Waals surface area contributed by atoms with E-state index in [9.17, 15) is 18.0 Å². The zero-order chi connectivity index (χ0) is 14.2. The van der Waals surface area contributed by atoms with E-state index in [1.807, 2.05) is 0 Å². The van der Waals surface area contributed by atoms with Crippen LogP contribution in [0.3, 0.4) is 0 Å². The number of hydrogen-bond acceptors (Lipinski definition) is 3.